The number of ether oxygens (including phenoxy) is 3. The summed E-state index contributed by atoms with van der Waals surface area (Å²) in [5.41, 5.74) is 2.33. The summed E-state index contributed by atoms with van der Waals surface area (Å²) >= 11 is 6.07. The minimum absolute atomic E-state index is 0.202. The lowest BCUT2D eigenvalue weighted by Gasteiger charge is -2.14. The molecule has 2 aromatic carbocycles. The van der Waals surface area contributed by atoms with Gasteiger partial charge in [0.15, 0.2) is 11.5 Å². The van der Waals surface area contributed by atoms with Gasteiger partial charge in [-0.25, -0.2) is 0 Å². The van der Waals surface area contributed by atoms with Gasteiger partial charge in [0.2, 0.25) is 5.75 Å². The third-order valence-corrected chi connectivity index (χ3v) is 4.68. The number of carbonyl (C=O) groups excluding carboxylic acids is 1. The van der Waals surface area contributed by atoms with Gasteiger partial charge in [-0.1, -0.05) is 23.7 Å². The maximum atomic E-state index is 12.3. The molecule has 0 spiro atoms. The third-order valence-electron chi connectivity index (χ3n) is 4.35. The first-order valence-corrected chi connectivity index (χ1v) is 8.80. The highest BCUT2D eigenvalue weighted by Gasteiger charge is 2.19. The average Bonchev–Trinajstić information content (AvgIpc) is 3.09. The first-order valence-electron chi connectivity index (χ1n) is 8.42. The van der Waals surface area contributed by atoms with Gasteiger partial charge in [-0.2, -0.15) is 0 Å². The van der Waals surface area contributed by atoms with Gasteiger partial charge < -0.3 is 24.5 Å². The summed E-state index contributed by atoms with van der Waals surface area (Å²) in [6.45, 7) is 0.453. The molecule has 6 nitrogen and oxygen atoms in total. The molecule has 0 bridgehead atoms. The van der Waals surface area contributed by atoms with Crippen LogP contribution in [0.3, 0.4) is 0 Å². The summed E-state index contributed by atoms with van der Waals surface area (Å²) in [4.78, 5) is 15.5. The molecule has 1 amide bonds. The van der Waals surface area contributed by atoms with E-state index in [9.17, 15) is 4.79 Å². The molecular formula is C20H21ClN2O4. The number of nitrogens with one attached hydrogen (secondary N) is 2. The fraction of sp³-hybridized carbons (Fsp3) is 0.250. The van der Waals surface area contributed by atoms with E-state index >= 15 is 0 Å². The normalized spacial score (nSPS) is 10.7. The Balaban J connectivity index is 1.81. The Morgan fingerprint density at radius 3 is 2.52 bits per heavy atom. The van der Waals surface area contributed by atoms with Crippen LogP contribution in [-0.4, -0.2) is 38.8 Å². The van der Waals surface area contributed by atoms with E-state index in [1.54, 1.807) is 45.6 Å². The maximum absolute atomic E-state index is 12.3. The molecule has 0 unspecified atom stereocenters. The minimum atomic E-state index is -0.202. The van der Waals surface area contributed by atoms with E-state index in [2.05, 4.69) is 10.3 Å². The quantitative estimate of drug-likeness (QED) is 0.645. The summed E-state index contributed by atoms with van der Waals surface area (Å²) < 4.78 is 16.4. The van der Waals surface area contributed by atoms with E-state index in [-0.39, 0.29) is 5.91 Å². The molecule has 0 atom stereocenters. The predicted octanol–water partition coefficient (Wildman–Crippen LogP) is 3.82. The van der Waals surface area contributed by atoms with E-state index in [1.807, 2.05) is 12.3 Å². The van der Waals surface area contributed by atoms with E-state index in [1.165, 1.54) is 0 Å². The number of H-pyrrole nitrogens is 1. The van der Waals surface area contributed by atoms with Gasteiger partial charge in [0.05, 0.1) is 37.4 Å². The van der Waals surface area contributed by atoms with Crippen molar-refractivity contribution in [1.29, 1.82) is 0 Å². The first kappa shape index (κ1) is 18.9. The van der Waals surface area contributed by atoms with Gasteiger partial charge in [-0.05, 0) is 24.1 Å². The zero-order chi connectivity index (χ0) is 19.4. The smallest absolute Gasteiger partial charge is 0.252 e. The van der Waals surface area contributed by atoms with Gasteiger partial charge in [0.1, 0.15) is 0 Å². The minimum Gasteiger partial charge on any atom is -0.493 e. The lowest BCUT2D eigenvalue weighted by Crippen LogP contribution is -2.25. The molecule has 3 aromatic rings. The second kappa shape index (κ2) is 8.22. The Morgan fingerprint density at radius 2 is 1.85 bits per heavy atom. The molecule has 7 heteroatoms. The van der Waals surface area contributed by atoms with Crippen LogP contribution in [0.2, 0.25) is 5.02 Å². The van der Waals surface area contributed by atoms with Gasteiger partial charge in [-0.15, -0.1) is 0 Å². The zero-order valence-electron chi connectivity index (χ0n) is 15.4. The molecule has 0 saturated heterocycles. The van der Waals surface area contributed by atoms with Crippen LogP contribution in [0.25, 0.3) is 10.9 Å². The number of methoxy groups -OCH3 is 3. The first-order chi connectivity index (χ1) is 13.1. The second-order valence-electron chi connectivity index (χ2n) is 5.87. The Kier molecular flexibility index (Phi) is 5.76. The van der Waals surface area contributed by atoms with Crippen LogP contribution in [0.5, 0.6) is 17.2 Å². The predicted molar refractivity (Wildman–Crippen MR) is 105 cm³/mol. The summed E-state index contributed by atoms with van der Waals surface area (Å²) in [6.07, 6.45) is 2.51. The molecule has 2 N–H and O–H groups in total. The SMILES string of the molecule is COc1cc2[nH]cc(CCNC(=O)c3ccccc3Cl)c2c(OC)c1OC. The molecule has 0 radical (unpaired) electrons. The van der Waals surface area contributed by atoms with Crippen molar-refractivity contribution in [2.45, 2.75) is 6.42 Å². The maximum Gasteiger partial charge on any atom is 0.252 e. The van der Waals surface area contributed by atoms with Gasteiger partial charge >= 0.3 is 0 Å². The number of amides is 1. The van der Waals surface area contributed by atoms with Crippen LogP contribution in [0.1, 0.15) is 15.9 Å². The topological polar surface area (TPSA) is 72.6 Å². The van der Waals surface area contributed by atoms with Gasteiger partial charge in [0, 0.05) is 24.2 Å². The number of hydrogen-bond acceptors (Lipinski definition) is 4. The number of rotatable bonds is 7. The number of halogens is 1. The fourth-order valence-electron chi connectivity index (χ4n) is 3.07. The monoisotopic (exact) mass is 388 g/mol. The zero-order valence-corrected chi connectivity index (χ0v) is 16.1. The summed E-state index contributed by atoms with van der Waals surface area (Å²) in [7, 11) is 4.74. The van der Waals surface area contributed by atoms with E-state index in [4.69, 9.17) is 25.8 Å². The Morgan fingerprint density at radius 1 is 1.11 bits per heavy atom. The molecule has 0 fully saturated rings. The highest BCUT2D eigenvalue weighted by Crippen LogP contribution is 2.44. The summed E-state index contributed by atoms with van der Waals surface area (Å²) in [5, 5.41) is 4.23. The molecule has 27 heavy (non-hydrogen) atoms. The van der Waals surface area contributed by atoms with Crippen molar-refractivity contribution in [2.24, 2.45) is 0 Å². The Labute approximate surface area is 162 Å². The van der Waals surface area contributed by atoms with Crippen molar-refractivity contribution in [2.75, 3.05) is 27.9 Å². The van der Waals surface area contributed by atoms with Gasteiger partial charge in [-0.3, -0.25) is 4.79 Å². The third kappa shape index (κ3) is 3.66. The number of fused-ring (bicyclic) bond motifs is 1. The molecule has 1 heterocycles. The van der Waals surface area contributed by atoms with E-state index in [0.717, 1.165) is 16.5 Å². The van der Waals surface area contributed by atoms with Crippen molar-refractivity contribution < 1.29 is 19.0 Å². The standard InChI is InChI=1S/C20H21ClN2O4/c1-25-16-10-15-17(19(27-3)18(16)26-2)12(11-23-15)8-9-22-20(24)13-6-4-5-7-14(13)21/h4-7,10-11,23H,8-9H2,1-3H3,(H,22,24). The highest BCUT2D eigenvalue weighted by molar-refractivity contribution is 6.33. The van der Waals surface area contributed by atoms with Crippen molar-refractivity contribution in [3.63, 3.8) is 0 Å². The average molecular weight is 389 g/mol. The van der Waals surface area contributed by atoms with E-state index < -0.39 is 0 Å². The summed E-state index contributed by atoms with van der Waals surface area (Å²) in [6, 6.07) is 8.83. The van der Waals surface area contributed by atoms with Crippen LogP contribution in [0.15, 0.2) is 36.5 Å². The van der Waals surface area contributed by atoms with Crippen LogP contribution in [-0.2, 0) is 6.42 Å². The lowest BCUT2D eigenvalue weighted by atomic mass is 10.1. The molecule has 0 aliphatic carbocycles. The van der Waals surface area contributed by atoms with Crippen molar-refractivity contribution in [3.8, 4) is 17.2 Å². The number of aromatic nitrogens is 1. The molecule has 142 valence electrons. The summed E-state index contributed by atoms with van der Waals surface area (Å²) in [5.74, 6) is 1.52. The Bertz CT molecular complexity index is 968. The molecule has 3 rings (SSSR count). The number of benzene rings is 2. The van der Waals surface area contributed by atoms with Crippen molar-refractivity contribution in [1.82, 2.24) is 10.3 Å². The fourth-order valence-corrected chi connectivity index (χ4v) is 3.30. The number of carbonyl (C=O) groups is 1. The van der Waals surface area contributed by atoms with Crippen LogP contribution in [0.4, 0.5) is 0 Å². The molecular weight excluding hydrogens is 368 g/mol. The Hall–Kier alpha value is -2.86. The number of aromatic amines is 1. The van der Waals surface area contributed by atoms with Crippen LogP contribution < -0.4 is 19.5 Å². The molecule has 0 saturated carbocycles. The van der Waals surface area contributed by atoms with Gasteiger partial charge in [0.25, 0.3) is 5.91 Å². The highest BCUT2D eigenvalue weighted by atomic mass is 35.5. The van der Waals surface area contributed by atoms with Crippen molar-refractivity contribution >= 4 is 28.4 Å². The second-order valence-corrected chi connectivity index (χ2v) is 6.27. The molecule has 1 aromatic heterocycles. The van der Waals surface area contributed by atoms with Crippen molar-refractivity contribution in [3.05, 3.63) is 52.7 Å². The largest absolute Gasteiger partial charge is 0.493 e. The molecule has 0 aliphatic rings. The van der Waals surface area contributed by atoms with Crippen LogP contribution in [0, 0.1) is 0 Å². The lowest BCUT2D eigenvalue weighted by molar-refractivity contribution is 0.0954. The number of hydrogen-bond donors (Lipinski definition) is 2. The van der Waals surface area contributed by atoms with E-state index in [0.29, 0.717) is 40.8 Å². The van der Waals surface area contributed by atoms with Crippen LogP contribution >= 0.6 is 11.6 Å². The molecule has 0 aliphatic heterocycles.